The summed E-state index contributed by atoms with van der Waals surface area (Å²) in [5.74, 6) is 0.380. The lowest BCUT2D eigenvalue weighted by atomic mass is 10.1. The summed E-state index contributed by atoms with van der Waals surface area (Å²) in [6, 6.07) is 21.0. The van der Waals surface area contributed by atoms with Crippen LogP contribution in [0.4, 0.5) is 10.8 Å². The van der Waals surface area contributed by atoms with Gasteiger partial charge in [-0.2, -0.15) is 0 Å². The van der Waals surface area contributed by atoms with Crippen LogP contribution in [-0.4, -0.2) is 22.9 Å². The molecule has 0 saturated heterocycles. The van der Waals surface area contributed by atoms with Crippen molar-refractivity contribution in [3.8, 4) is 27.4 Å². The third kappa shape index (κ3) is 4.50. The van der Waals surface area contributed by atoms with E-state index in [9.17, 15) is 14.9 Å². The van der Waals surface area contributed by atoms with E-state index in [0.29, 0.717) is 22.1 Å². The van der Waals surface area contributed by atoms with Gasteiger partial charge in [-0.25, -0.2) is 4.98 Å². The third-order valence-corrected chi connectivity index (χ3v) is 5.89. The second-order valence-corrected chi connectivity index (χ2v) is 8.05. The summed E-state index contributed by atoms with van der Waals surface area (Å²) in [6.07, 6.45) is 0. The van der Waals surface area contributed by atoms with Gasteiger partial charge in [0.1, 0.15) is 5.75 Å². The van der Waals surface area contributed by atoms with Crippen molar-refractivity contribution in [3.63, 3.8) is 0 Å². The van der Waals surface area contributed by atoms with E-state index in [0.717, 1.165) is 21.6 Å². The van der Waals surface area contributed by atoms with E-state index >= 15 is 0 Å². The molecule has 0 unspecified atom stereocenters. The van der Waals surface area contributed by atoms with E-state index in [1.807, 2.05) is 31.2 Å². The van der Waals surface area contributed by atoms with E-state index in [1.165, 1.54) is 23.5 Å². The highest BCUT2D eigenvalue weighted by atomic mass is 32.1. The molecule has 160 valence electrons. The first kappa shape index (κ1) is 21.2. The first-order chi connectivity index (χ1) is 15.4. The molecule has 1 amide bonds. The quantitative estimate of drug-likeness (QED) is 0.292. The highest BCUT2D eigenvalue weighted by Gasteiger charge is 2.18. The van der Waals surface area contributed by atoms with Crippen LogP contribution in [0.25, 0.3) is 21.7 Å². The van der Waals surface area contributed by atoms with Crippen molar-refractivity contribution in [2.24, 2.45) is 0 Å². The van der Waals surface area contributed by atoms with Crippen LogP contribution in [0.1, 0.15) is 15.9 Å². The number of aryl methyl sites for hydroxylation is 1. The number of nitrogens with zero attached hydrogens (tertiary/aromatic N) is 2. The molecule has 1 N–H and O–H groups in total. The molecule has 0 aliphatic heterocycles. The van der Waals surface area contributed by atoms with Gasteiger partial charge in [-0.1, -0.05) is 41.2 Å². The number of rotatable bonds is 6. The molecule has 0 aliphatic carbocycles. The Morgan fingerprint density at radius 3 is 2.19 bits per heavy atom. The number of hydrogen-bond donors (Lipinski definition) is 1. The van der Waals surface area contributed by atoms with Crippen LogP contribution in [0.2, 0.25) is 0 Å². The van der Waals surface area contributed by atoms with Gasteiger partial charge in [-0.15, -0.1) is 0 Å². The molecule has 3 aromatic carbocycles. The van der Waals surface area contributed by atoms with Gasteiger partial charge in [0.25, 0.3) is 11.6 Å². The van der Waals surface area contributed by atoms with Gasteiger partial charge in [0.2, 0.25) is 0 Å². The molecule has 0 spiro atoms. The molecule has 8 heteroatoms. The fraction of sp³-hybridized carbons (Fsp3) is 0.0833. The fourth-order valence-corrected chi connectivity index (χ4v) is 4.11. The lowest BCUT2D eigenvalue weighted by molar-refractivity contribution is -0.384. The average Bonchev–Trinajstić information content (AvgIpc) is 3.23. The molecule has 0 bridgehead atoms. The molecule has 0 aliphatic rings. The fourth-order valence-electron chi connectivity index (χ4n) is 3.12. The van der Waals surface area contributed by atoms with Gasteiger partial charge in [0.05, 0.1) is 22.6 Å². The van der Waals surface area contributed by atoms with Gasteiger partial charge < -0.3 is 4.74 Å². The number of carbonyl (C=O) groups excluding carboxylic acids is 1. The van der Waals surface area contributed by atoms with Crippen LogP contribution in [0.5, 0.6) is 5.75 Å². The number of benzene rings is 3. The Morgan fingerprint density at radius 1 is 0.969 bits per heavy atom. The minimum atomic E-state index is -0.438. The number of ether oxygens (including phenoxy) is 1. The maximum Gasteiger partial charge on any atom is 0.269 e. The number of nitro groups is 1. The molecular weight excluding hydrogens is 426 g/mol. The zero-order valence-electron chi connectivity index (χ0n) is 17.4. The zero-order valence-corrected chi connectivity index (χ0v) is 18.2. The number of nitro benzene ring substituents is 1. The second kappa shape index (κ2) is 8.99. The molecule has 0 radical (unpaired) electrons. The molecule has 0 saturated carbocycles. The van der Waals surface area contributed by atoms with Crippen molar-refractivity contribution in [2.75, 3.05) is 12.4 Å². The lowest BCUT2D eigenvalue weighted by Crippen LogP contribution is -2.11. The molecule has 4 aromatic rings. The number of hydrogen-bond acceptors (Lipinski definition) is 6. The van der Waals surface area contributed by atoms with Crippen LogP contribution in [0.15, 0.2) is 72.8 Å². The van der Waals surface area contributed by atoms with E-state index in [2.05, 4.69) is 10.3 Å². The molecule has 7 nitrogen and oxygen atoms in total. The minimum absolute atomic E-state index is 0.00824. The van der Waals surface area contributed by atoms with Crippen LogP contribution in [-0.2, 0) is 0 Å². The molecule has 32 heavy (non-hydrogen) atoms. The summed E-state index contributed by atoms with van der Waals surface area (Å²) in [7, 11) is 1.57. The van der Waals surface area contributed by atoms with E-state index in [-0.39, 0.29) is 11.6 Å². The first-order valence-corrected chi connectivity index (χ1v) is 10.5. The summed E-state index contributed by atoms with van der Waals surface area (Å²) < 4.78 is 5.13. The van der Waals surface area contributed by atoms with Gasteiger partial charge in [0.15, 0.2) is 5.13 Å². The molecule has 0 fully saturated rings. The van der Waals surface area contributed by atoms with Crippen LogP contribution >= 0.6 is 11.3 Å². The number of carbonyl (C=O) groups is 1. The largest absolute Gasteiger partial charge is 0.497 e. The Balaban J connectivity index is 1.70. The summed E-state index contributed by atoms with van der Waals surface area (Å²) in [5, 5.41) is 14.3. The molecule has 4 rings (SSSR count). The van der Waals surface area contributed by atoms with Gasteiger partial charge >= 0.3 is 0 Å². The van der Waals surface area contributed by atoms with Crippen molar-refractivity contribution < 1.29 is 14.5 Å². The monoisotopic (exact) mass is 445 g/mol. The van der Waals surface area contributed by atoms with Crippen molar-refractivity contribution in [1.82, 2.24) is 4.98 Å². The molecule has 1 heterocycles. The smallest absolute Gasteiger partial charge is 0.269 e. The SMILES string of the molecule is COc1ccc(C(=O)Nc2nc(-c3ccc([N+](=O)[O-])cc3)c(-c3ccc(C)cc3)s2)cc1. The Hall–Kier alpha value is -4.04. The maximum absolute atomic E-state index is 12.7. The van der Waals surface area contributed by atoms with Crippen LogP contribution in [0.3, 0.4) is 0 Å². The average molecular weight is 446 g/mol. The number of aromatic nitrogens is 1. The second-order valence-electron chi connectivity index (χ2n) is 7.05. The number of nitrogens with one attached hydrogen (secondary N) is 1. The van der Waals surface area contributed by atoms with Gasteiger partial charge in [0, 0.05) is 23.3 Å². The van der Waals surface area contributed by atoms with Crippen molar-refractivity contribution in [2.45, 2.75) is 6.92 Å². The topological polar surface area (TPSA) is 94.4 Å². The molecule has 0 atom stereocenters. The van der Waals surface area contributed by atoms with E-state index < -0.39 is 4.92 Å². The summed E-state index contributed by atoms with van der Waals surface area (Å²) in [4.78, 5) is 28.8. The van der Waals surface area contributed by atoms with Crippen molar-refractivity contribution >= 4 is 28.1 Å². The number of non-ortho nitro benzene ring substituents is 1. The summed E-state index contributed by atoms with van der Waals surface area (Å²) in [5.41, 5.74) is 3.95. The van der Waals surface area contributed by atoms with Gasteiger partial charge in [-0.3, -0.25) is 20.2 Å². The number of amides is 1. The zero-order chi connectivity index (χ0) is 22.7. The van der Waals surface area contributed by atoms with Gasteiger partial charge in [-0.05, 0) is 48.9 Å². The Kier molecular flexibility index (Phi) is 5.96. The third-order valence-electron chi connectivity index (χ3n) is 4.87. The van der Waals surface area contributed by atoms with E-state index in [1.54, 1.807) is 43.5 Å². The number of methoxy groups -OCH3 is 1. The number of thiazole rings is 1. The predicted molar refractivity (Wildman–Crippen MR) is 125 cm³/mol. The highest BCUT2D eigenvalue weighted by molar-refractivity contribution is 7.19. The normalized spacial score (nSPS) is 10.6. The van der Waals surface area contributed by atoms with E-state index in [4.69, 9.17) is 4.74 Å². The lowest BCUT2D eigenvalue weighted by Gasteiger charge is -2.03. The Morgan fingerprint density at radius 2 is 1.59 bits per heavy atom. The highest BCUT2D eigenvalue weighted by Crippen LogP contribution is 2.39. The minimum Gasteiger partial charge on any atom is -0.497 e. The molecular formula is C24H19N3O4S. The van der Waals surface area contributed by atoms with Crippen molar-refractivity contribution in [3.05, 3.63) is 94.0 Å². The maximum atomic E-state index is 12.7. The molecule has 1 aromatic heterocycles. The summed E-state index contributed by atoms with van der Waals surface area (Å²) in [6.45, 7) is 2.01. The number of anilines is 1. The van der Waals surface area contributed by atoms with Crippen molar-refractivity contribution in [1.29, 1.82) is 0 Å². The van der Waals surface area contributed by atoms with Crippen LogP contribution in [0, 0.1) is 17.0 Å². The Bertz CT molecular complexity index is 1260. The standard InChI is InChI=1S/C24H19N3O4S/c1-15-3-5-17(6-4-15)22-21(16-7-11-19(12-8-16)27(29)30)25-24(32-22)26-23(28)18-9-13-20(31-2)14-10-18/h3-14H,1-2H3,(H,25,26,28). The Labute approximate surface area is 188 Å². The summed E-state index contributed by atoms with van der Waals surface area (Å²) >= 11 is 1.35. The van der Waals surface area contributed by atoms with Crippen LogP contribution < -0.4 is 10.1 Å². The first-order valence-electron chi connectivity index (χ1n) is 9.72. The predicted octanol–water partition coefficient (Wildman–Crippen LogP) is 5.95.